The number of benzene rings is 1. The Morgan fingerprint density at radius 3 is 2.95 bits per heavy atom. The van der Waals surface area contributed by atoms with Gasteiger partial charge in [0.2, 0.25) is 5.91 Å². The fourth-order valence-corrected chi connectivity index (χ4v) is 4.77. The van der Waals surface area contributed by atoms with Crippen molar-refractivity contribution in [3.05, 3.63) is 36.0 Å². The third-order valence-corrected chi connectivity index (χ3v) is 5.85. The molecule has 0 radical (unpaired) electrons. The first-order valence-electron chi connectivity index (χ1n) is 8.55. The number of aromatic amines is 1. The molecule has 0 saturated heterocycles. The number of hydrogen-bond acceptors (Lipinski definition) is 1. The maximum absolute atomic E-state index is 12.4. The van der Waals surface area contributed by atoms with Crippen molar-refractivity contribution in [3.63, 3.8) is 0 Å². The summed E-state index contributed by atoms with van der Waals surface area (Å²) in [4.78, 5) is 15.6. The summed E-state index contributed by atoms with van der Waals surface area (Å²) in [5.41, 5.74) is 2.19. The summed E-state index contributed by atoms with van der Waals surface area (Å²) in [5, 5.41) is 4.41. The van der Waals surface area contributed by atoms with Gasteiger partial charge < -0.3 is 10.3 Å². The van der Waals surface area contributed by atoms with E-state index in [1.165, 1.54) is 25.7 Å². The Kier molecular flexibility index (Phi) is 3.44. The van der Waals surface area contributed by atoms with Crippen LogP contribution in [0.4, 0.5) is 0 Å². The van der Waals surface area contributed by atoms with Gasteiger partial charge in [-0.1, -0.05) is 24.6 Å². The van der Waals surface area contributed by atoms with Crippen molar-refractivity contribution in [2.75, 3.05) is 0 Å². The van der Waals surface area contributed by atoms with E-state index in [2.05, 4.69) is 29.4 Å². The van der Waals surface area contributed by atoms with Gasteiger partial charge in [-0.05, 0) is 55.6 Å². The van der Waals surface area contributed by atoms with E-state index in [-0.39, 0.29) is 5.91 Å². The monoisotopic (exact) mass is 296 g/mol. The SMILES string of the molecule is C[C@@H](NC(=O)Cc1c[nH]c2ccccc12)[C@@H]1C[C@H]2CC[C@H]1C2. The molecule has 4 rings (SSSR count). The normalized spacial score (nSPS) is 28.1. The minimum atomic E-state index is 0.153. The Hall–Kier alpha value is -1.77. The molecule has 0 unspecified atom stereocenters. The first kappa shape index (κ1) is 13.9. The number of hydrogen-bond donors (Lipinski definition) is 2. The molecule has 2 fully saturated rings. The molecule has 2 aliphatic carbocycles. The van der Waals surface area contributed by atoms with Gasteiger partial charge >= 0.3 is 0 Å². The maximum atomic E-state index is 12.4. The molecule has 3 heteroatoms. The predicted octanol–water partition coefficient (Wildman–Crippen LogP) is 3.65. The number of H-pyrrole nitrogens is 1. The quantitative estimate of drug-likeness (QED) is 0.888. The van der Waals surface area contributed by atoms with E-state index in [1.807, 2.05) is 18.3 Å². The molecule has 116 valence electrons. The fourth-order valence-electron chi connectivity index (χ4n) is 4.77. The van der Waals surface area contributed by atoms with E-state index >= 15 is 0 Å². The lowest BCUT2D eigenvalue weighted by molar-refractivity contribution is -0.121. The predicted molar refractivity (Wildman–Crippen MR) is 88.5 cm³/mol. The van der Waals surface area contributed by atoms with Crippen LogP contribution >= 0.6 is 0 Å². The Bertz CT molecular complexity index is 690. The maximum Gasteiger partial charge on any atom is 0.224 e. The summed E-state index contributed by atoms with van der Waals surface area (Å²) in [6.45, 7) is 2.19. The summed E-state index contributed by atoms with van der Waals surface area (Å²) < 4.78 is 0. The molecule has 4 atom stereocenters. The summed E-state index contributed by atoms with van der Waals surface area (Å²) in [6.07, 6.45) is 7.93. The van der Waals surface area contributed by atoms with Crippen molar-refractivity contribution >= 4 is 16.8 Å². The molecular weight excluding hydrogens is 272 g/mol. The van der Waals surface area contributed by atoms with Crippen molar-refractivity contribution in [1.82, 2.24) is 10.3 Å². The van der Waals surface area contributed by atoms with Crippen molar-refractivity contribution in [1.29, 1.82) is 0 Å². The van der Waals surface area contributed by atoms with Crippen LogP contribution in [-0.2, 0) is 11.2 Å². The van der Waals surface area contributed by atoms with Gasteiger partial charge in [-0.3, -0.25) is 4.79 Å². The molecule has 1 amide bonds. The molecule has 2 saturated carbocycles. The highest BCUT2D eigenvalue weighted by molar-refractivity contribution is 5.88. The molecule has 22 heavy (non-hydrogen) atoms. The lowest BCUT2D eigenvalue weighted by Gasteiger charge is -2.28. The van der Waals surface area contributed by atoms with Crippen LogP contribution in [0.3, 0.4) is 0 Å². The molecular formula is C19H24N2O. The van der Waals surface area contributed by atoms with E-state index in [1.54, 1.807) is 0 Å². The zero-order chi connectivity index (χ0) is 15.1. The molecule has 1 aromatic carbocycles. The molecule has 2 N–H and O–H groups in total. The van der Waals surface area contributed by atoms with E-state index in [0.717, 1.165) is 28.3 Å². The van der Waals surface area contributed by atoms with Crippen molar-refractivity contribution in [2.45, 2.75) is 45.1 Å². The second kappa shape index (κ2) is 5.45. The van der Waals surface area contributed by atoms with E-state index < -0.39 is 0 Å². The minimum absolute atomic E-state index is 0.153. The number of amides is 1. The summed E-state index contributed by atoms with van der Waals surface area (Å²) >= 11 is 0. The molecule has 0 aliphatic heterocycles. The third-order valence-electron chi connectivity index (χ3n) is 5.85. The zero-order valence-electron chi connectivity index (χ0n) is 13.1. The van der Waals surface area contributed by atoms with Gasteiger partial charge in [0.05, 0.1) is 6.42 Å². The lowest BCUT2D eigenvalue weighted by atomic mass is 9.84. The van der Waals surface area contributed by atoms with Crippen LogP contribution < -0.4 is 5.32 Å². The number of carbonyl (C=O) groups excluding carboxylic acids is 1. The van der Waals surface area contributed by atoms with Crippen LogP contribution in [0.15, 0.2) is 30.5 Å². The van der Waals surface area contributed by atoms with E-state index in [4.69, 9.17) is 0 Å². The number of para-hydroxylation sites is 1. The van der Waals surface area contributed by atoms with Gasteiger partial charge in [0.1, 0.15) is 0 Å². The summed E-state index contributed by atoms with van der Waals surface area (Å²) in [7, 11) is 0. The second-order valence-electron chi connectivity index (χ2n) is 7.23. The Balaban J connectivity index is 1.40. The number of fused-ring (bicyclic) bond motifs is 3. The molecule has 2 bridgehead atoms. The lowest BCUT2D eigenvalue weighted by Crippen LogP contribution is -2.40. The van der Waals surface area contributed by atoms with Crippen LogP contribution in [-0.4, -0.2) is 16.9 Å². The van der Waals surface area contributed by atoms with Crippen LogP contribution in [0.1, 0.15) is 38.2 Å². The molecule has 2 aromatic rings. The van der Waals surface area contributed by atoms with E-state index in [9.17, 15) is 4.79 Å². The molecule has 0 spiro atoms. The van der Waals surface area contributed by atoms with E-state index in [0.29, 0.717) is 18.4 Å². The number of aromatic nitrogens is 1. The highest BCUT2D eigenvalue weighted by atomic mass is 16.1. The first-order chi connectivity index (χ1) is 10.7. The number of rotatable bonds is 4. The van der Waals surface area contributed by atoms with Gasteiger partial charge in [-0.25, -0.2) is 0 Å². The topological polar surface area (TPSA) is 44.9 Å². The molecule has 3 nitrogen and oxygen atoms in total. The Labute approximate surface area is 131 Å². The first-order valence-corrected chi connectivity index (χ1v) is 8.55. The average Bonchev–Trinajstić information content (AvgIpc) is 3.22. The Morgan fingerprint density at radius 1 is 1.32 bits per heavy atom. The third kappa shape index (κ3) is 2.43. The summed E-state index contributed by atoms with van der Waals surface area (Å²) in [5.74, 6) is 2.64. The van der Waals surface area contributed by atoms with Gasteiger partial charge in [-0.2, -0.15) is 0 Å². The van der Waals surface area contributed by atoms with Gasteiger partial charge in [0, 0.05) is 23.1 Å². The second-order valence-corrected chi connectivity index (χ2v) is 7.23. The van der Waals surface area contributed by atoms with Crippen LogP contribution in [0, 0.1) is 17.8 Å². The van der Waals surface area contributed by atoms with Crippen molar-refractivity contribution in [3.8, 4) is 0 Å². The van der Waals surface area contributed by atoms with Gasteiger partial charge in [-0.15, -0.1) is 0 Å². The largest absolute Gasteiger partial charge is 0.361 e. The molecule has 1 aromatic heterocycles. The highest BCUT2D eigenvalue weighted by Crippen LogP contribution is 2.49. The number of nitrogens with one attached hydrogen (secondary N) is 2. The standard InChI is InChI=1S/C19H24N2O/c1-12(17-9-13-6-7-14(17)8-13)21-19(22)10-15-11-20-18-5-3-2-4-16(15)18/h2-5,11-14,17,20H,6-10H2,1H3,(H,21,22)/t12-,13+,14+,17+/m1/s1. The van der Waals surface area contributed by atoms with Gasteiger partial charge in [0.25, 0.3) is 0 Å². The highest BCUT2D eigenvalue weighted by Gasteiger charge is 2.42. The van der Waals surface area contributed by atoms with Crippen molar-refractivity contribution in [2.24, 2.45) is 17.8 Å². The van der Waals surface area contributed by atoms with Crippen LogP contribution in [0.2, 0.25) is 0 Å². The number of carbonyl (C=O) groups is 1. The van der Waals surface area contributed by atoms with Crippen LogP contribution in [0.5, 0.6) is 0 Å². The van der Waals surface area contributed by atoms with Crippen molar-refractivity contribution < 1.29 is 4.79 Å². The molecule has 2 aliphatic rings. The molecule has 1 heterocycles. The smallest absolute Gasteiger partial charge is 0.224 e. The van der Waals surface area contributed by atoms with Gasteiger partial charge in [0.15, 0.2) is 0 Å². The summed E-state index contributed by atoms with van der Waals surface area (Å²) in [6, 6.07) is 8.48. The fraction of sp³-hybridized carbons (Fsp3) is 0.526. The average molecular weight is 296 g/mol. The van der Waals surface area contributed by atoms with Crippen LogP contribution in [0.25, 0.3) is 10.9 Å². The minimum Gasteiger partial charge on any atom is -0.361 e. The zero-order valence-corrected chi connectivity index (χ0v) is 13.1. The Morgan fingerprint density at radius 2 is 2.18 bits per heavy atom.